The van der Waals surface area contributed by atoms with Gasteiger partial charge < -0.3 is 19.9 Å². The Labute approximate surface area is 128 Å². The highest BCUT2D eigenvalue weighted by molar-refractivity contribution is 5.87. The van der Waals surface area contributed by atoms with Gasteiger partial charge >= 0.3 is 0 Å². The molecule has 0 saturated carbocycles. The molecule has 6 nitrogen and oxygen atoms in total. The van der Waals surface area contributed by atoms with E-state index in [-0.39, 0.29) is 6.04 Å². The van der Waals surface area contributed by atoms with E-state index in [9.17, 15) is 0 Å². The van der Waals surface area contributed by atoms with Gasteiger partial charge in [0, 0.05) is 5.56 Å². The fraction of sp³-hybridized carbons (Fsp3) is 0.375. The molecule has 3 rings (SSSR count). The molecule has 6 heteroatoms. The predicted octanol–water partition coefficient (Wildman–Crippen LogP) is 3.27. The molecule has 3 aromatic rings. The number of nitrogens with two attached hydrogens (primary N) is 1. The Morgan fingerprint density at radius 1 is 1.36 bits per heavy atom. The highest BCUT2D eigenvalue weighted by atomic mass is 16.5. The molecule has 0 spiro atoms. The Balaban J connectivity index is 2.07. The number of hydrogen-bond donors (Lipinski definition) is 2. The van der Waals surface area contributed by atoms with Crippen LogP contribution in [0.5, 0.6) is 5.75 Å². The number of hydrogen-bond acceptors (Lipinski definition) is 5. The van der Waals surface area contributed by atoms with Crippen LogP contribution in [0.3, 0.4) is 0 Å². The first kappa shape index (κ1) is 14.6. The van der Waals surface area contributed by atoms with Gasteiger partial charge in [-0.05, 0) is 24.5 Å². The molecule has 22 heavy (non-hydrogen) atoms. The third-order valence-electron chi connectivity index (χ3n) is 3.58. The van der Waals surface area contributed by atoms with E-state index >= 15 is 0 Å². The summed E-state index contributed by atoms with van der Waals surface area (Å²) in [6.07, 6.45) is 3.95. The molecule has 0 amide bonds. The van der Waals surface area contributed by atoms with Crippen molar-refractivity contribution < 1.29 is 9.15 Å². The maximum absolute atomic E-state index is 6.22. The largest absolute Gasteiger partial charge is 0.494 e. The molecule has 1 atom stereocenters. The van der Waals surface area contributed by atoms with E-state index in [4.69, 9.17) is 14.9 Å². The number of fused-ring (bicyclic) bond motifs is 1. The average molecular weight is 300 g/mol. The van der Waals surface area contributed by atoms with Gasteiger partial charge in [0.05, 0.1) is 24.9 Å². The van der Waals surface area contributed by atoms with Crippen molar-refractivity contribution in [1.82, 2.24) is 15.0 Å². The summed E-state index contributed by atoms with van der Waals surface area (Å²) in [7, 11) is 1.63. The first-order chi connectivity index (χ1) is 10.6. The van der Waals surface area contributed by atoms with Crippen LogP contribution >= 0.6 is 0 Å². The van der Waals surface area contributed by atoms with Crippen LogP contribution in [0.4, 0.5) is 0 Å². The second-order valence-corrected chi connectivity index (χ2v) is 5.80. The highest BCUT2D eigenvalue weighted by Gasteiger charge is 2.17. The standard InChI is InChI=1S/C16H20N4O2/c1-9(2)4-11(17)16-19-12-5-10(14-7-18-8-22-14)6-13(21-3)15(12)20-16/h5-9,11H,4,17H2,1-3H3,(H,19,20)/t11-/m1/s1. The zero-order chi connectivity index (χ0) is 15.7. The molecule has 0 bridgehead atoms. The van der Waals surface area contributed by atoms with Gasteiger partial charge in [-0.25, -0.2) is 9.97 Å². The average Bonchev–Trinajstić information content (AvgIpc) is 3.14. The van der Waals surface area contributed by atoms with Crippen LogP contribution in [-0.2, 0) is 0 Å². The van der Waals surface area contributed by atoms with E-state index in [2.05, 4.69) is 28.8 Å². The lowest BCUT2D eigenvalue weighted by Gasteiger charge is -2.10. The number of aromatic amines is 1. The van der Waals surface area contributed by atoms with Crippen molar-refractivity contribution in [2.24, 2.45) is 11.7 Å². The summed E-state index contributed by atoms with van der Waals surface area (Å²) in [6, 6.07) is 3.74. The predicted molar refractivity (Wildman–Crippen MR) is 84.5 cm³/mol. The molecular weight excluding hydrogens is 280 g/mol. The zero-order valence-corrected chi connectivity index (χ0v) is 13.0. The number of oxazole rings is 1. The normalized spacial score (nSPS) is 13.0. The van der Waals surface area contributed by atoms with Crippen LogP contribution in [-0.4, -0.2) is 22.1 Å². The molecule has 0 fully saturated rings. The van der Waals surface area contributed by atoms with E-state index in [1.54, 1.807) is 13.3 Å². The van der Waals surface area contributed by atoms with Gasteiger partial charge in [0.2, 0.25) is 0 Å². The first-order valence-electron chi connectivity index (χ1n) is 7.30. The molecule has 2 aromatic heterocycles. The highest BCUT2D eigenvalue weighted by Crippen LogP contribution is 2.32. The molecule has 116 valence electrons. The number of nitrogens with one attached hydrogen (secondary N) is 1. The van der Waals surface area contributed by atoms with Crippen molar-refractivity contribution in [3.05, 3.63) is 30.5 Å². The quantitative estimate of drug-likeness (QED) is 0.754. The minimum atomic E-state index is -0.120. The van der Waals surface area contributed by atoms with Crippen LogP contribution in [0.25, 0.3) is 22.4 Å². The van der Waals surface area contributed by atoms with Gasteiger partial charge in [0.1, 0.15) is 17.1 Å². The first-order valence-corrected chi connectivity index (χ1v) is 7.30. The van der Waals surface area contributed by atoms with Gasteiger partial charge in [0.25, 0.3) is 0 Å². The van der Waals surface area contributed by atoms with Gasteiger partial charge in [-0.2, -0.15) is 0 Å². The summed E-state index contributed by atoms with van der Waals surface area (Å²) in [5, 5.41) is 0. The van der Waals surface area contributed by atoms with Crippen molar-refractivity contribution >= 4 is 11.0 Å². The van der Waals surface area contributed by atoms with Crippen molar-refractivity contribution in [3.63, 3.8) is 0 Å². The molecule has 1 aromatic carbocycles. The minimum absolute atomic E-state index is 0.120. The fourth-order valence-corrected chi connectivity index (χ4v) is 2.56. The van der Waals surface area contributed by atoms with Crippen molar-refractivity contribution in [1.29, 1.82) is 0 Å². The fourth-order valence-electron chi connectivity index (χ4n) is 2.56. The minimum Gasteiger partial charge on any atom is -0.494 e. The number of H-pyrrole nitrogens is 1. The van der Waals surface area contributed by atoms with E-state index < -0.39 is 0 Å². The summed E-state index contributed by atoms with van der Waals surface area (Å²) in [4.78, 5) is 11.9. The molecule has 0 radical (unpaired) electrons. The molecule has 0 aliphatic heterocycles. The number of methoxy groups -OCH3 is 1. The number of rotatable bonds is 5. The third kappa shape index (κ3) is 2.69. The number of nitrogens with zero attached hydrogens (tertiary/aromatic N) is 2. The lowest BCUT2D eigenvalue weighted by molar-refractivity contribution is 0.419. The lowest BCUT2D eigenvalue weighted by Crippen LogP contribution is -2.14. The Morgan fingerprint density at radius 2 is 2.18 bits per heavy atom. The molecule has 2 heterocycles. The summed E-state index contributed by atoms with van der Waals surface area (Å²) < 4.78 is 10.8. The van der Waals surface area contributed by atoms with Crippen molar-refractivity contribution in [2.75, 3.05) is 7.11 Å². The van der Waals surface area contributed by atoms with E-state index in [1.807, 2.05) is 12.1 Å². The second kappa shape index (κ2) is 5.81. The monoisotopic (exact) mass is 300 g/mol. The summed E-state index contributed by atoms with van der Waals surface area (Å²) in [6.45, 7) is 4.29. The maximum Gasteiger partial charge on any atom is 0.181 e. The molecular formula is C16H20N4O2. The van der Waals surface area contributed by atoms with Crippen LogP contribution in [0.15, 0.2) is 29.1 Å². The van der Waals surface area contributed by atoms with Gasteiger partial charge in [-0.15, -0.1) is 0 Å². The van der Waals surface area contributed by atoms with Crippen LogP contribution in [0.1, 0.15) is 32.1 Å². The second-order valence-electron chi connectivity index (χ2n) is 5.80. The Hall–Kier alpha value is -2.34. The maximum atomic E-state index is 6.22. The molecule has 0 unspecified atom stereocenters. The molecule has 0 aliphatic rings. The summed E-state index contributed by atoms with van der Waals surface area (Å²) in [5.41, 5.74) is 8.76. The van der Waals surface area contributed by atoms with E-state index in [0.29, 0.717) is 17.4 Å². The van der Waals surface area contributed by atoms with Crippen molar-refractivity contribution in [2.45, 2.75) is 26.3 Å². The Bertz CT molecular complexity index is 762. The van der Waals surface area contributed by atoms with Gasteiger partial charge in [0.15, 0.2) is 12.2 Å². The molecule has 3 N–H and O–H groups in total. The number of aromatic nitrogens is 3. The Kier molecular flexibility index (Phi) is 3.85. The summed E-state index contributed by atoms with van der Waals surface area (Å²) >= 11 is 0. The Morgan fingerprint density at radius 3 is 2.82 bits per heavy atom. The topological polar surface area (TPSA) is 90.0 Å². The SMILES string of the molecule is COc1cc(-c2cnco2)cc2[nH]c([C@H](N)CC(C)C)nc12. The smallest absolute Gasteiger partial charge is 0.181 e. The third-order valence-corrected chi connectivity index (χ3v) is 3.58. The molecule has 0 saturated heterocycles. The van der Waals surface area contributed by atoms with E-state index in [1.165, 1.54) is 6.39 Å². The number of benzene rings is 1. The molecule has 0 aliphatic carbocycles. The summed E-state index contributed by atoms with van der Waals surface area (Å²) in [5.74, 6) is 2.65. The van der Waals surface area contributed by atoms with Crippen molar-refractivity contribution in [3.8, 4) is 17.1 Å². The van der Waals surface area contributed by atoms with Crippen LogP contribution in [0, 0.1) is 5.92 Å². The zero-order valence-electron chi connectivity index (χ0n) is 13.0. The number of ether oxygens (including phenoxy) is 1. The van der Waals surface area contributed by atoms with Crippen LogP contribution in [0.2, 0.25) is 0 Å². The van der Waals surface area contributed by atoms with Crippen LogP contribution < -0.4 is 10.5 Å². The van der Waals surface area contributed by atoms with E-state index in [0.717, 1.165) is 28.8 Å². The van der Waals surface area contributed by atoms with Gasteiger partial charge in [-0.3, -0.25) is 0 Å². The van der Waals surface area contributed by atoms with Gasteiger partial charge in [-0.1, -0.05) is 13.8 Å². The number of imidazole rings is 1. The lowest BCUT2D eigenvalue weighted by atomic mass is 10.0.